The molecular formula is C72H62N8O24. The molecule has 7 aromatic rings. The average molecular weight is 1420 g/mol. The Balaban J connectivity index is 1.58. The fourth-order valence-corrected chi connectivity index (χ4v) is 12.2. The number of allylic oxidation sites excluding steroid dienone is 4. The molecular weight excluding hydrogens is 1360 g/mol. The highest BCUT2D eigenvalue weighted by atomic mass is 16.4. The average Bonchev–Trinajstić information content (AvgIpc) is 1.56. The van der Waals surface area contributed by atoms with E-state index in [9.17, 15) is 119 Å². The first-order valence-corrected chi connectivity index (χ1v) is 31.4. The van der Waals surface area contributed by atoms with Gasteiger partial charge in [-0.1, -0.05) is 49.1 Å². The number of H-pyrrole nitrogens is 2. The smallest absolute Gasteiger partial charge is 0.338 e. The summed E-state index contributed by atoms with van der Waals surface area (Å²) in [5.74, 6) is -19.4. The number of benzene rings is 4. The van der Waals surface area contributed by atoms with E-state index in [-0.39, 0.29) is 173 Å². The first-order chi connectivity index (χ1) is 49.5. The second-order valence-electron chi connectivity index (χ2n) is 23.1. The van der Waals surface area contributed by atoms with Gasteiger partial charge in [-0.2, -0.15) is 0 Å². The number of aromatic nitrogens is 4. The van der Waals surface area contributed by atoms with E-state index in [2.05, 4.69) is 37.8 Å². The standard InChI is InChI=1S/C72H62N8O24/c1-2-3-8-32-31-47-54(35-15-19-39(75-29-6-11-50(85)86)62(71(101)102)58(35)67(93)94)45-24-23-43(78-45)52(33-13-17-37(73-27-4-9-48(81)82)60(69(97)98)56(33)65(89)90)41-21-22-42(77-41)53(34-14-18-38(74-28-5-10-49(83)84)61(70(99)100)57(34)66(91)92)44-25-26-46(79-44)55(64(32)80-47)36-16-20-40(76-30-7-12-51(87)88)63(72(103)104)59(36)68(95)96/h2-3,8,13-26,31,73-76,78-79H,1,4-7,9-12,27-30H2,(H,81,82)(H,83,84)(H,85,86)(H,87,88)(H,89,90)(H,91,92)(H,93,94)(H,95,96)(H,97,98)(H,99,100)(H,101,102)(H,103,104)/b8-3+,52-41?,52-43?,53-42?,53-44?,54-45?,54-47?,55-46?,64-55?. The molecule has 0 fully saturated rings. The largest absolute Gasteiger partial charge is 0.481 e. The minimum absolute atomic E-state index is 0.0103. The molecule has 534 valence electrons. The molecule has 32 nitrogen and oxygen atoms in total. The number of carboxylic acid groups (broad SMARTS) is 12. The number of fused-ring (bicyclic) bond motifs is 8. The zero-order valence-electron chi connectivity index (χ0n) is 54.2. The monoisotopic (exact) mass is 1420 g/mol. The minimum atomic E-state index is -1.86. The van der Waals surface area contributed by atoms with E-state index in [1.165, 1.54) is 109 Å². The Morgan fingerprint density at radius 2 is 0.615 bits per heavy atom. The van der Waals surface area contributed by atoms with Crippen LogP contribution in [0.3, 0.4) is 0 Å². The van der Waals surface area contributed by atoms with Crippen molar-refractivity contribution in [1.29, 1.82) is 0 Å². The lowest BCUT2D eigenvalue weighted by Gasteiger charge is -2.17. The summed E-state index contributed by atoms with van der Waals surface area (Å²) < 4.78 is 0. The fourth-order valence-electron chi connectivity index (χ4n) is 12.2. The van der Waals surface area contributed by atoms with Crippen LogP contribution in [-0.2, 0) is 19.2 Å². The van der Waals surface area contributed by atoms with E-state index in [0.717, 1.165) is 0 Å². The number of nitrogens with zero attached hydrogens (tertiary/aromatic N) is 2. The van der Waals surface area contributed by atoms with Crippen LogP contribution >= 0.6 is 0 Å². The summed E-state index contributed by atoms with van der Waals surface area (Å²) in [6, 6.07) is 14.8. The summed E-state index contributed by atoms with van der Waals surface area (Å²) in [6.45, 7) is 3.08. The van der Waals surface area contributed by atoms with Crippen molar-refractivity contribution >= 4 is 140 Å². The van der Waals surface area contributed by atoms with Crippen LogP contribution < -0.4 is 21.3 Å². The molecule has 0 spiro atoms. The lowest BCUT2D eigenvalue weighted by atomic mass is 9.91. The van der Waals surface area contributed by atoms with Crippen molar-refractivity contribution in [2.24, 2.45) is 0 Å². The van der Waals surface area contributed by atoms with E-state index >= 15 is 0 Å². The highest BCUT2D eigenvalue weighted by molar-refractivity contribution is 6.18. The van der Waals surface area contributed by atoms with Gasteiger partial charge >= 0.3 is 71.6 Å². The Morgan fingerprint density at radius 3 is 0.885 bits per heavy atom. The highest BCUT2D eigenvalue weighted by Gasteiger charge is 2.34. The van der Waals surface area contributed by atoms with E-state index in [1.807, 2.05) is 0 Å². The van der Waals surface area contributed by atoms with Crippen LogP contribution in [0.5, 0.6) is 0 Å². The topological polar surface area (TPSA) is 553 Å². The number of aromatic carboxylic acids is 8. The van der Waals surface area contributed by atoms with Gasteiger partial charge in [0.15, 0.2) is 0 Å². The lowest BCUT2D eigenvalue weighted by Crippen LogP contribution is -2.15. The van der Waals surface area contributed by atoms with Crippen molar-refractivity contribution < 1.29 is 119 Å². The van der Waals surface area contributed by atoms with Crippen LogP contribution in [0.2, 0.25) is 0 Å². The van der Waals surface area contributed by atoms with Crippen molar-refractivity contribution in [3.63, 3.8) is 0 Å². The van der Waals surface area contributed by atoms with Crippen LogP contribution in [0.15, 0.2) is 97.6 Å². The minimum Gasteiger partial charge on any atom is -0.481 e. The first kappa shape index (κ1) is 74.0. The molecule has 5 heterocycles. The van der Waals surface area contributed by atoms with Crippen LogP contribution in [0.4, 0.5) is 22.7 Å². The summed E-state index contributed by atoms with van der Waals surface area (Å²) in [7, 11) is 0. The molecule has 32 heteroatoms. The van der Waals surface area contributed by atoms with Gasteiger partial charge in [0.25, 0.3) is 0 Å². The van der Waals surface area contributed by atoms with Crippen LogP contribution in [0.25, 0.3) is 90.4 Å². The second kappa shape index (κ2) is 31.8. The Hall–Kier alpha value is -14.2. The van der Waals surface area contributed by atoms with Gasteiger partial charge in [-0.3, -0.25) is 19.2 Å². The molecule has 2 aliphatic heterocycles. The Morgan fingerprint density at radius 1 is 0.346 bits per heavy atom. The van der Waals surface area contributed by atoms with Crippen LogP contribution in [0, 0.1) is 0 Å². The van der Waals surface area contributed by atoms with Gasteiger partial charge in [-0.05, 0) is 92.4 Å². The zero-order chi connectivity index (χ0) is 75.5. The van der Waals surface area contributed by atoms with Gasteiger partial charge in [0, 0.05) is 147 Å². The number of aliphatic carboxylic acids is 4. The third-order valence-corrected chi connectivity index (χ3v) is 16.4. The summed E-state index contributed by atoms with van der Waals surface area (Å²) >= 11 is 0. The third-order valence-electron chi connectivity index (χ3n) is 16.4. The quantitative estimate of drug-likeness (QED) is 0.0132. The molecule has 8 bridgehead atoms. The SMILES string of the molecule is C=C/C=C/C1=Cc2nc1c(-c1ccc(NCCCC(=O)O)c(C(=O)O)c1C(=O)O)c1ccc([nH]1)c(-c1ccc(NCCCC(=O)O)c(C(=O)O)c1C(=O)O)c1nc(c(-c3ccc(NCCCC(=O)O)c(C(=O)O)c3C(=O)O)c3ccc([nH]3)c2-c2ccc(NCCCC(=O)O)c(C(=O)O)c2C(=O)O)C=C1. The maximum absolute atomic E-state index is 14.1. The molecule has 0 saturated carbocycles. The summed E-state index contributed by atoms with van der Waals surface area (Å²) in [5, 5.41) is 138. The predicted molar refractivity (Wildman–Crippen MR) is 376 cm³/mol. The molecule has 4 aromatic carbocycles. The molecule has 104 heavy (non-hydrogen) atoms. The molecule has 0 unspecified atom stereocenters. The number of anilines is 4. The van der Waals surface area contributed by atoms with E-state index in [4.69, 9.17) is 9.97 Å². The molecule has 0 atom stereocenters. The first-order valence-electron chi connectivity index (χ1n) is 31.4. The number of hydrogen-bond acceptors (Lipinski definition) is 18. The maximum atomic E-state index is 14.1. The van der Waals surface area contributed by atoms with E-state index < -0.39 is 138 Å². The Labute approximate surface area is 585 Å². The van der Waals surface area contributed by atoms with E-state index in [1.54, 1.807) is 0 Å². The number of carbonyl (C=O) groups is 12. The fraction of sp³-hybridized carbons (Fsp3) is 0.167. The van der Waals surface area contributed by atoms with Gasteiger partial charge in [0.05, 0.1) is 67.3 Å². The molecule has 9 rings (SSSR count). The van der Waals surface area contributed by atoms with Gasteiger partial charge in [0.1, 0.15) is 0 Å². The van der Waals surface area contributed by atoms with Gasteiger partial charge < -0.3 is 92.5 Å². The second-order valence-corrected chi connectivity index (χ2v) is 23.1. The van der Waals surface area contributed by atoms with Gasteiger partial charge in [-0.25, -0.2) is 48.3 Å². The lowest BCUT2D eigenvalue weighted by molar-refractivity contribution is -0.138. The van der Waals surface area contributed by atoms with Crippen LogP contribution in [0.1, 0.15) is 157 Å². The molecule has 0 amide bonds. The summed E-state index contributed by atoms with van der Waals surface area (Å²) in [6.07, 6.45) is 6.26. The number of aromatic amines is 2. The molecule has 0 aliphatic carbocycles. The van der Waals surface area contributed by atoms with Crippen molar-refractivity contribution in [2.45, 2.75) is 51.4 Å². The zero-order valence-corrected chi connectivity index (χ0v) is 54.2. The van der Waals surface area contributed by atoms with Crippen molar-refractivity contribution in [3.05, 3.63) is 165 Å². The normalized spacial score (nSPS) is 11.5. The van der Waals surface area contributed by atoms with Crippen molar-refractivity contribution in [3.8, 4) is 44.5 Å². The highest BCUT2D eigenvalue weighted by Crippen LogP contribution is 2.46. The number of hydrogen-bond donors (Lipinski definition) is 18. The van der Waals surface area contributed by atoms with E-state index in [0.29, 0.717) is 0 Å². The number of rotatable bonds is 34. The van der Waals surface area contributed by atoms with Gasteiger partial charge in [0.2, 0.25) is 0 Å². The Bertz CT molecular complexity index is 5130. The molecule has 0 radical (unpaired) electrons. The number of carboxylic acids is 12. The van der Waals surface area contributed by atoms with Crippen molar-refractivity contribution in [1.82, 2.24) is 19.9 Å². The van der Waals surface area contributed by atoms with Crippen molar-refractivity contribution in [2.75, 3.05) is 47.4 Å². The maximum Gasteiger partial charge on any atom is 0.338 e. The summed E-state index contributed by atoms with van der Waals surface area (Å²) in [4.78, 5) is 173. The molecule has 2 aliphatic rings. The van der Waals surface area contributed by atoms with Crippen LogP contribution in [-0.4, -0.2) is 179 Å². The van der Waals surface area contributed by atoms with Gasteiger partial charge in [-0.15, -0.1) is 0 Å². The summed E-state index contributed by atoms with van der Waals surface area (Å²) in [5.41, 5.74) is -12.9. The number of nitrogens with one attached hydrogen (secondary N) is 6. The molecule has 3 aromatic heterocycles. The predicted octanol–water partition coefficient (Wildman–Crippen LogP) is 11.1. The molecule has 0 saturated heterocycles. The third kappa shape index (κ3) is 15.8. The molecule has 18 N–H and O–H groups in total. The Kier molecular flexibility index (Phi) is 22.6.